The highest BCUT2D eigenvalue weighted by atomic mass is 127. The van der Waals surface area contributed by atoms with Gasteiger partial charge in [-0.2, -0.15) is 0 Å². The Morgan fingerprint density at radius 1 is 1.15 bits per heavy atom. The average Bonchev–Trinajstić information content (AvgIpc) is 2.98. The van der Waals surface area contributed by atoms with Crippen LogP contribution >= 0.6 is 55.5 Å². The first-order valence-corrected chi connectivity index (χ1v) is 11.8. The van der Waals surface area contributed by atoms with E-state index in [0.717, 1.165) is 35.3 Å². The summed E-state index contributed by atoms with van der Waals surface area (Å²) in [6.07, 6.45) is 0. The monoisotopic (exact) mass is 509 g/mol. The van der Waals surface area contributed by atoms with Gasteiger partial charge in [-0.3, -0.25) is 9.69 Å². The van der Waals surface area contributed by atoms with Crippen LogP contribution in [0.5, 0.6) is 0 Å². The van der Waals surface area contributed by atoms with Crippen LogP contribution in [0, 0.1) is 14.3 Å². The van der Waals surface area contributed by atoms with Crippen molar-refractivity contribution in [2.75, 3.05) is 4.90 Å². The van der Waals surface area contributed by atoms with Crippen molar-refractivity contribution in [1.82, 2.24) is 0 Å². The largest absolute Gasteiger partial charge is 0.297 e. The zero-order valence-corrected chi connectivity index (χ0v) is 19.1. The van der Waals surface area contributed by atoms with Crippen molar-refractivity contribution in [2.24, 2.45) is 0 Å². The minimum absolute atomic E-state index is 0.0295. The maximum Gasteiger partial charge on any atom is 0.260 e. The normalized spacial score (nSPS) is 14.7. The van der Waals surface area contributed by atoms with E-state index in [1.165, 1.54) is 4.88 Å². The predicted octanol–water partition coefficient (Wildman–Crippen LogP) is 7.01. The van der Waals surface area contributed by atoms with Crippen LogP contribution in [0.1, 0.15) is 34.6 Å². The first kappa shape index (κ1) is 18.3. The van der Waals surface area contributed by atoms with Crippen LogP contribution in [-0.2, 0) is 5.54 Å². The molecule has 3 aromatic rings. The first-order chi connectivity index (χ1) is 12.3. The van der Waals surface area contributed by atoms with Gasteiger partial charge in [-0.1, -0.05) is 57.2 Å². The molecule has 2 aromatic carbocycles. The van der Waals surface area contributed by atoms with Gasteiger partial charge in [-0.15, -0.1) is 0 Å². The highest BCUT2D eigenvalue weighted by Gasteiger charge is 2.43. The van der Waals surface area contributed by atoms with Gasteiger partial charge in [0.15, 0.2) is 0 Å². The van der Waals surface area contributed by atoms with E-state index >= 15 is 0 Å². The van der Waals surface area contributed by atoms with Crippen LogP contribution in [0.4, 0.5) is 5.69 Å². The Bertz CT molecular complexity index is 1100. The van der Waals surface area contributed by atoms with Crippen molar-refractivity contribution in [2.45, 2.75) is 26.3 Å². The van der Waals surface area contributed by atoms with Crippen molar-refractivity contribution >= 4 is 67.1 Å². The maximum atomic E-state index is 13.6. The Kier molecular flexibility index (Phi) is 4.58. The lowest BCUT2D eigenvalue weighted by Gasteiger charge is -2.43. The Balaban J connectivity index is 2.01. The van der Waals surface area contributed by atoms with Gasteiger partial charge in [-0.25, -0.2) is 0 Å². The molecular weight excluding hydrogens is 493 g/mol. The van der Waals surface area contributed by atoms with Crippen LogP contribution < -0.4 is 4.90 Å². The van der Waals surface area contributed by atoms with Crippen molar-refractivity contribution in [3.8, 4) is 11.1 Å². The zero-order chi connectivity index (χ0) is 18.6. The number of nitrogens with zero attached hydrogens (tertiary/aromatic N) is 1. The summed E-state index contributed by atoms with van der Waals surface area (Å²) in [4.78, 5) is 16.8. The fourth-order valence-electron chi connectivity index (χ4n) is 3.45. The van der Waals surface area contributed by atoms with Gasteiger partial charge < -0.3 is 0 Å². The molecule has 2 nitrogen and oxygen atoms in total. The van der Waals surface area contributed by atoms with E-state index in [0.29, 0.717) is 0 Å². The summed E-state index contributed by atoms with van der Waals surface area (Å²) >= 11 is 7.86. The van der Waals surface area contributed by atoms with E-state index in [1.807, 2.05) is 29.2 Å². The lowest BCUT2D eigenvalue weighted by Crippen LogP contribution is -2.48. The molecule has 0 saturated carbocycles. The van der Waals surface area contributed by atoms with Crippen LogP contribution in [0.25, 0.3) is 11.1 Å². The highest BCUT2D eigenvalue weighted by Crippen LogP contribution is 2.52. The zero-order valence-electron chi connectivity index (χ0n) is 14.5. The van der Waals surface area contributed by atoms with Gasteiger partial charge in [-0.05, 0) is 67.1 Å². The van der Waals surface area contributed by atoms with E-state index < -0.39 is 5.54 Å². The fraction of sp³-hybridized carbons (Fsp3) is 0.200. The molecule has 6 heteroatoms. The summed E-state index contributed by atoms with van der Waals surface area (Å²) in [6.45, 7) is 6.29. The van der Waals surface area contributed by atoms with E-state index in [9.17, 15) is 4.79 Å². The van der Waals surface area contributed by atoms with Gasteiger partial charge in [0, 0.05) is 14.7 Å². The SMILES string of the molecule is Cc1ccc2c(c1)N(C(=O)c1ccccc1I)C(C)(C)c1ssc(=S)c1-2. The standard InChI is InChI=1S/C20H16INOS3/c1-11-8-9-13-15(10-11)22(18(23)12-6-4-5-7-14(12)21)20(2,3)17-16(13)19(24)26-25-17/h4-10H,1-3H3. The average molecular weight is 509 g/mol. The van der Waals surface area contributed by atoms with E-state index in [-0.39, 0.29) is 5.91 Å². The third-order valence-electron chi connectivity index (χ3n) is 4.72. The Labute approximate surface area is 179 Å². The smallest absolute Gasteiger partial charge is 0.260 e. The Morgan fingerprint density at radius 2 is 1.88 bits per heavy atom. The molecule has 0 aliphatic carbocycles. The summed E-state index contributed by atoms with van der Waals surface area (Å²) in [5, 5.41) is 0. The predicted molar refractivity (Wildman–Crippen MR) is 122 cm³/mol. The number of carbonyl (C=O) groups is 1. The number of anilines is 1. The molecule has 132 valence electrons. The molecule has 1 aliphatic rings. The minimum atomic E-state index is -0.454. The molecule has 0 radical (unpaired) electrons. The number of halogens is 1. The number of amides is 1. The minimum Gasteiger partial charge on any atom is -0.297 e. The molecule has 1 aromatic heterocycles. The van der Waals surface area contributed by atoms with Crippen molar-refractivity contribution < 1.29 is 4.79 Å². The van der Waals surface area contributed by atoms with Gasteiger partial charge in [0.2, 0.25) is 0 Å². The van der Waals surface area contributed by atoms with E-state index in [1.54, 1.807) is 20.7 Å². The summed E-state index contributed by atoms with van der Waals surface area (Å²) in [6, 6.07) is 14.1. The summed E-state index contributed by atoms with van der Waals surface area (Å²) in [7, 11) is 3.31. The van der Waals surface area contributed by atoms with Gasteiger partial charge in [0.25, 0.3) is 5.91 Å². The molecule has 4 rings (SSSR count). The lowest BCUT2D eigenvalue weighted by molar-refractivity contribution is 0.0960. The topological polar surface area (TPSA) is 20.3 Å². The number of fused-ring (bicyclic) bond motifs is 3. The summed E-state index contributed by atoms with van der Waals surface area (Å²) in [5.41, 5.74) is 4.55. The van der Waals surface area contributed by atoms with Crippen LogP contribution in [-0.4, -0.2) is 5.91 Å². The molecule has 0 fully saturated rings. The molecule has 1 aliphatic heterocycles. The van der Waals surface area contributed by atoms with Crippen molar-refractivity contribution in [3.63, 3.8) is 0 Å². The number of hydrogen-bond acceptors (Lipinski definition) is 4. The molecule has 0 atom stereocenters. The second-order valence-corrected chi connectivity index (χ2v) is 10.8. The molecule has 0 N–H and O–H groups in total. The van der Waals surface area contributed by atoms with Crippen molar-refractivity contribution in [3.05, 3.63) is 65.9 Å². The van der Waals surface area contributed by atoms with E-state index in [4.69, 9.17) is 12.2 Å². The molecule has 2 heterocycles. The third-order valence-corrected chi connectivity index (χ3v) is 8.99. The Morgan fingerprint density at radius 3 is 2.62 bits per heavy atom. The first-order valence-electron chi connectivity index (χ1n) is 8.16. The maximum absolute atomic E-state index is 13.6. The Hall–Kier alpha value is -1.09. The number of carbonyl (C=O) groups excluding carboxylic acids is 1. The third kappa shape index (κ3) is 2.69. The number of benzene rings is 2. The second kappa shape index (κ2) is 6.51. The van der Waals surface area contributed by atoms with Crippen LogP contribution in [0.3, 0.4) is 0 Å². The van der Waals surface area contributed by atoms with Crippen molar-refractivity contribution in [1.29, 1.82) is 0 Å². The summed E-state index contributed by atoms with van der Waals surface area (Å²) in [5.74, 6) is 0.0295. The van der Waals surface area contributed by atoms with Gasteiger partial charge in [0.05, 0.1) is 21.7 Å². The fourth-order valence-corrected chi connectivity index (χ4v) is 7.35. The van der Waals surface area contributed by atoms with Gasteiger partial charge >= 0.3 is 0 Å². The molecule has 0 unspecified atom stereocenters. The molecule has 26 heavy (non-hydrogen) atoms. The van der Waals surface area contributed by atoms with Crippen LogP contribution in [0.2, 0.25) is 0 Å². The molecule has 0 bridgehead atoms. The lowest BCUT2D eigenvalue weighted by atomic mass is 9.86. The van der Waals surface area contributed by atoms with Crippen LogP contribution in [0.15, 0.2) is 42.5 Å². The number of aryl methyl sites for hydroxylation is 1. The quantitative estimate of drug-likeness (QED) is 0.200. The molecular formula is C20H16INOS3. The molecule has 0 spiro atoms. The summed E-state index contributed by atoms with van der Waals surface area (Å²) < 4.78 is 1.87. The molecule has 0 saturated heterocycles. The number of rotatable bonds is 1. The van der Waals surface area contributed by atoms with E-state index in [2.05, 4.69) is 61.6 Å². The number of hydrogen-bond donors (Lipinski definition) is 0. The second-order valence-electron chi connectivity index (χ2n) is 6.86. The molecule has 1 amide bonds. The van der Waals surface area contributed by atoms with Gasteiger partial charge in [0.1, 0.15) is 3.82 Å². The highest BCUT2D eigenvalue weighted by molar-refractivity contribution is 14.1.